The molecule has 3 heterocycles. The summed E-state index contributed by atoms with van der Waals surface area (Å²) in [6, 6.07) is 7.97. The predicted octanol–water partition coefficient (Wildman–Crippen LogP) is 2.40. The van der Waals surface area contributed by atoms with Crippen molar-refractivity contribution in [3.63, 3.8) is 0 Å². The Morgan fingerprint density at radius 3 is 2.52 bits per heavy atom. The second kappa shape index (κ2) is 8.63. The second-order valence-electron chi connectivity index (χ2n) is 7.10. The third kappa shape index (κ3) is 4.93. The zero-order valence-electron chi connectivity index (χ0n) is 16.1. The number of aromatic nitrogens is 1. The van der Waals surface area contributed by atoms with Crippen LogP contribution in [0.15, 0.2) is 29.6 Å². The van der Waals surface area contributed by atoms with Crippen molar-refractivity contribution in [1.29, 1.82) is 0 Å². The van der Waals surface area contributed by atoms with Crippen LogP contribution in [-0.4, -0.2) is 65.4 Å². The molecule has 0 radical (unpaired) electrons. The van der Waals surface area contributed by atoms with Gasteiger partial charge in [0.05, 0.1) is 28.4 Å². The van der Waals surface area contributed by atoms with Gasteiger partial charge >= 0.3 is 0 Å². The maximum Gasteiger partial charge on any atom is 0.255 e. The number of nitrogens with zero attached hydrogens (tertiary/aromatic N) is 3. The maximum absolute atomic E-state index is 12.9. The lowest BCUT2D eigenvalue weighted by atomic mass is 10.1. The number of nitrogens with one attached hydrogen (secondary N) is 1. The molecule has 0 aliphatic carbocycles. The molecule has 6 nitrogen and oxygen atoms in total. The number of aryl methyl sites for hydroxylation is 1. The number of rotatable bonds is 5. The van der Waals surface area contributed by atoms with Crippen LogP contribution in [0.2, 0.25) is 0 Å². The first kappa shape index (κ1) is 19.5. The van der Waals surface area contributed by atoms with E-state index in [0.717, 1.165) is 16.3 Å². The monoisotopic (exact) mass is 386 g/mol. The molecule has 1 fully saturated rings. The molecule has 1 aliphatic rings. The van der Waals surface area contributed by atoms with Crippen LogP contribution in [-0.2, 0) is 4.79 Å². The third-order valence-corrected chi connectivity index (χ3v) is 5.46. The maximum atomic E-state index is 12.9. The quantitative estimate of drug-likeness (QED) is 0.857. The number of carbonyl (C=O) groups is 2. The predicted molar refractivity (Wildman–Crippen MR) is 108 cm³/mol. The summed E-state index contributed by atoms with van der Waals surface area (Å²) < 4.78 is 0. The van der Waals surface area contributed by atoms with E-state index in [9.17, 15) is 9.59 Å². The lowest BCUT2D eigenvalue weighted by Gasteiger charge is -2.34. The first-order valence-corrected chi connectivity index (χ1v) is 10.1. The Morgan fingerprint density at radius 2 is 1.93 bits per heavy atom. The molecule has 2 aromatic rings. The van der Waals surface area contributed by atoms with Gasteiger partial charge in [-0.25, -0.2) is 0 Å². The van der Waals surface area contributed by atoms with Gasteiger partial charge in [-0.1, -0.05) is 6.07 Å². The van der Waals surface area contributed by atoms with E-state index in [-0.39, 0.29) is 17.9 Å². The van der Waals surface area contributed by atoms with Crippen molar-refractivity contribution in [2.45, 2.75) is 26.8 Å². The number of pyridine rings is 1. The Hall–Kier alpha value is -2.25. The average molecular weight is 387 g/mol. The van der Waals surface area contributed by atoms with Crippen LogP contribution in [0.1, 0.15) is 29.9 Å². The van der Waals surface area contributed by atoms with Gasteiger partial charge in [0.15, 0.2) is 0 Å². The molecule has 0 aromatic carbocycles. The SMILES string of the molecule is Cc1nc(-c2cccs2)ccc1C(=O)N1CCN(CC(=O)NC(C)C)CC1. The molecule has 1 aliphatic heterocycles. The highest BCUT2D eigenvalue weighted by atomic mass is 32.1. The van der Waals surface area contributed by atoms with Crippen LogP contribution in [0.25, 0.3) is 10.6 Å². The van der Waals surface area contributed by atoms with Gasteiger partial charge in [0.25, 0.3) is 5.91 Å². The summed E-state index contributed by atoms with van der Waals surface area (Å²) in [6.07, 6.45) is 0. The van der Waals surface area contributed by atoms with Gasteiger partial charge in [-0.05, 0) is 44.4 Å². The molecular formula is C20H26N4O2S. The van der Waals surface area contributed by atoms with E-state index in [2.05, 4.69) is 15.2 Å². The minimum absolute atomic E-state index is 0.0176. The summed E-state index contributed by atoms with van der Waals surface area (Å²) in [6.45, 7) is 8.84. The zero-order valence-corrected chi connectivity index (χ0v) is 16.9. The number of hydrogen-bond donors (Lipinski definition) is 1. The molecule has 144 valence electrons. The summed E-state index contributed by atoms with van der Waals surface area (Å²) in [5.74, 6) is 0.0537. The Balaban J connectivity index is 1.58. The van der Waals surface area contributed by atoms with Crippen molar-refractivity contribution in [1.82, 2.24) is 20.1 Å². The van der Waals surface area contributed by atoms with Gasteiger partial charge in [0.1, 0.15) is 0 Å². The van der Waals surface area contributed by atoms with Crippen LogP contribution >= 0.6 is 11.3 Å². The largest absolute Gasteiger partial charge is 0.353 e. The van der Waals surface area contributed by atoms with E-state index >= 15 is 0 Å². The van der Waals surface area contributed by atoms with Crippen molar-refractivity contribution in [3.05, 3.63) is 40.9 Å². The Labute approximate surface area is 164 Å². The molecule has 0 bridgehead atoms. The van der Waals surface area contributed by atoms with E-state index in [1.54, 1.807) is 11.3 Å². The fraction of sp³-hybridized carbons (Fsp3) is 0.450. The zero-order chi connectivity index (χ0) is 19.4. The van der Waals surface area contributed by atoms with Crippen molar-refractivity contribution in [2.24, 2.45) is 0 Å². The van der Waals surface area contributed by atoms with Gasteiger partial charge in [0, 0.05) is 32.2 Å². The summed E-state index contributed by atoms with van der Waals surface area (Å²) >= 11 is 1.64. The topological polar surface area (TPSA) is 65.5 Å². The summed E-state index contributed by atoms with van der Waals surface area (Å²) in [4.78, 5) is 34.4. The van der Waals surface area contributed by atoms with Gasteiger partial charge in [-0.3, -0.25) is 19.5 Å². The van der Waals surface area contributed by atoms with Gasteiger partial charge in [0.2, 0.25) is 5.91 Å². The van der Waals surface area contributed by atoms with Crippen LogP contribution in [0.5, 0.6) is 0 Å². The van der Waals surface area contributed by atoms with Gasteiger partial charge < -0.3 is 10.2 Å². The molecular weight excluding hydrogens is 360 g/mol. The van der Waals surface area contributed by atoms with Crippen LogP contribution in [0.3, 0.4) is 0 Å². The number of thiophene rings is 1. The van der Waals surface area contributed by atoms with E-state index < -0.39 is 0 Å². The molecule has 0 atom stereocenters. The van der Waals surface area contributed by atoms with Crippen molar-refractivity contribution in [3.8, 4) is 10.6 Å². The molecule has 2 aromatic heterocycles. The molecule has 0 spiro atoms. The minimum atomic E-state index is 0.0176. The number of carbonyl (C=O) groups excluding carboxylic acids is 2. The van der Waals surface area contributed by atoms with E-state index in [4.69, 9.17) is 0 Å². The molecule has 7 heteroatoms. The number of hydrogen-bond acceptors (Lipinski definition) is 5. The first-order valence-electron chi connectivity index (χ1n) is 9.26. The van der Waals surface area contributed by atoms with Gasteiger partial charge in [-0.2, -0.15) is 0 Å². The van der Waals surface area contributed by atoms with Crippen molar-refractivity contribution in [2.75, 3.05) is 32.7 Å². The highest BCUT2D eigenvalue weighted by molar-refractivity contribution is 7.13. The van der Waals surface area contributed by atoms with E-state index in [0.29, 0.717) is 38.3 Å². The fourth-order valence-corrected chi connectivity index (χ4v) is 3.89. The first-order chi connectivity index (χ1) is 12.9. The standard InChI is InChI=1S/C20H26N4O2S/c1-14(2)21-19(25)13-23-8-10-24(11-9-23)20(26)16-6-7-17(22-15(16)3)18-5-4-12-27-18/h4-7,12,14H,8-11,13H2,1-3H3,(H,21,25). The van der Waals surface area contributed by atoms with Crippen LogP contribution in [0, 0.1) is 6.92 Å². The van der Waals surface area contributed by atoms with E-state index in [1.807, 2.05) is 55.3 Å². The lowest BCUT2D eigenvalue weighted by Crippen LogP contribution is -2.51. The average Bonchev–Trinajstić information content (AvgIpc) is 3.15. The molecule has 1 N–H and O–H groups in total. The van der Waals surface area contributed by atoms with Gasteiger partial charge in [-0.15, -0.1) is 11.3 Å². The highest BCUT2D eigenvalue weighted by Gasteiger charge is 2.24. The third-order valence-electron chi connectivity index (χ3n) is 4.57. The normalized spacial score (nSPS) is 15.2. The molecule has 1 saturated heterocycles. The molecule has 3 rings (SSSR count). The summed E-state index contributed by atoms with van der Waals surface area (Å²) in [5, 5.41) is 4.93. The molecule has 0 unspecified atom stereocenters. The smallest absolute Gasteiger partial charge is 0.255 e. The summed E-state index contributed by atoms with van der Waals surface area (Å²) in [7, 11) is 0. The van der Waals surface area contributed by atoms with Crippen molar-refractivity contribution >= 4 is 23.2 Å². The van der Waals surface area contributed by atoms with Crippen LogP contribution < -0.4 is 5.32 Å². The molecule has 2 amide bonds. The van der Waals surface area contributed by atoms with Crippen molar-refractivity contribution < 1.29 is 9.59 Å². The Bertz CT molecular complexity index is 796. The lowest BCUT2D eigenvalue weighted by molar-refractivity contribution is -0.123. The minimum Gasteiger partial charge on any atom is -0.353 e. The number of amides is 2. The molecule has 27 heavy (non-hydrogen) atoms. The Kier molecular flexibility index (Phi) is 6.23. The second-order valence-corrected chi connectivity index (χ2v) is 8.05. The fourth-order valence-electron chi connectivity index (χ4n) is 3.20. The highest BCUT2D eigenvalue weighted by Crippen LogP contribution is 2.24. The Morgan fingerprint density at radius 1 is 1.19 bits per heavy atom. The van der Waals surface area contributed by atoms with E-state index in [1.165, 1.54) is 0 Å². The molecule has 0 saturated carbocycles. The number of piperazine rings is 1. The van der Waals surface area contributed by atoms with Crippen LogP contribution in [0.4, 0.5) is 0 Å². The summed E-state index contributed by atoms with van der Waals surface area (Å²) in [5.41, 5.74) is 2.31.